The minimum Gasteiger partial charge on any atom is -0.493 e. The van der Waals surface area contributed by atoms with Gasteiger partial charge in [0.1, 0.15) is 0 Å². The van der Waals surface area contributed by atoms with Gasteiger partial charge in [-0.15, -0.1) is 0 Å². The van der Waals surface area contributed by atoms with E-state index in [4.69, 9.17) is 26.2 Å². The Balaban J connectivity index is 3.49. The van der Waals surface area contributed by atoms with Crippen molar-refractivity contribution in [1.29, 1.82) is 0 Å². The van der Waals surface area contributed by atoms with Gasteiger partial charge in [0.2, 0.25) is 0 Å². The van der Waals surface area contributed by atoms with Gasteiger partial charge in [0, 0.05) is 0 Å². The lowest BCUT2D eigenvalue weighted by atomic mass is 10.1. The lowest BCUT2D eigenvalue weighted by Gasteiger charge is -2.13. The maximum absolute atomic E-state index is 10.9. The summed E-state index contributed by atoms with van der Waals surface area (Å²) < 4.78 is 10.0. The van der Waals surface area contributed by atoms with Crippen molar-refractivity contribution in [1.82, 2.24) is 0 Å². The molecule has 0 amide bonds. The van der Waals surface area contributed by atoms with Crippen LogP contribution in [0.3, 0.4) is 0 Å². The number of aromatic carboxylic acids is 1. The van der Waals surface area contributed by atoms with E-state index in [0.29, 0.717) is 17.1 Å². The summed E-state index contributed by atoms with van der Waals surface area (Å²) in [5, 5.41) is 9.18. The monoisotopic (exact) mass is 230 g/mol. The Bertz CT molecular complexity index is 401. The van der Waals surface area contributed by atoms with Crippen LogP contribution in [0, 0.1) is 6.92 Å². The van der Waals surface area contributed by atoms with Gasteiger partial charge in [0.05, 0.1) is 24.8 Å². The molecule has 1 aromatic rings. The number of hydrogen-bond acceptors (Lipinski definition) is 3. The molecule has 1 rings (SSSR count). The number of methoxy groups -OCH3 is 2. The van der Waals surface area contributed by atoms with Gasteiger partial charge in [-0.1, -0.05) is 11.6 Å². The fourth-order valence-corrected chi connectivity index (χ4v) is 1.54. The van der Waals surface area contributed by atoms with Crippen molar-refractivity contribution in [3.63, 3.8) is 0 Å². The summed E-state index contributed by atoms with van der Waals surface area (Å²) in [6.07, 6.45) is 0. The second-order valence-corrected chi connectivity index (χ2v) is 3.28. The molecule has 0 fully saturated rings. The summed E-state index contributed by atoms with van der Waals surface area (Å²) in [6, 6.07) is 1.39. The fourth-order valence-electron chi connectivity index (χ4n) is 1.27. The highest BCUT2D eigenvalue weighted by molar-refractivity contribution is 6.33. The van der Waals surface area contributed by atoms with Gasteiger partial charge < -0.3 is 14.6 Å². The Kier molecular flexibility index (Phi) is 3.42. The SMILES string of the molecule is COc1cc(C(=O)O)c(C)c(Cl)c1OC. The Morgan fingerprint density at radius 3 is 2.40 bits per heavy atom. The first kappa shape index (κ1) is 11.7. The number of ether oxygens (including phenoxy) is 2. The average molecular weight is 231 g/mol. The topological polar surface area (TPSA) is 55.8 Å². The van der Waals surface area contributed by atoms with Crippen molar-refractivity contribution in [2.75, 3.05) is 14.2 Å². The van der Waals surface area contributed by atoms with Gasteiger partial charge >= 0.3 is 5.97 Å². The van der Waals surface area contributed by atoms with Crippen molar-refractivity contribution < 1.29 is 19.4 Å². The molecule has 15 heavy (non-hydrogen) atoms. The molecular formula is C10H11ClO4. The number of halogens is 1. The normalized spacial score (nSPS) is 9.87. The van der Waals surface area contributed by atoms with Crippen LogP contribution >= 0.6 is 11.6 Å². The van der Waals surface area contributed by atoms with Crippen molar-refractivity contribution >= 4 is 17.6 Å². The zero-order valence-electron chi connectivity index (χ0n) is 8.63. The van der Waals surface area contributed by atoms with Crippen LogP contribution in [0.4, 0.5) is 0 Å². The zero-order chi connectivity index (χ0) is 11.6. The molecule has 0 saturated carbocycles. The van der Waals surface area contributed by atoms with Crippen LogP contribution in [0.1, 0.15) is 15.9 Å². The fraction of sp³-hybridized carbons (Fsp3) is 0.300. The summed E-state index contributed by atoms with van der Waals surface area (Å²) in [6.45, 7) is 1.62. The smallest absolute Gasteiger partial charge is 0.336 e. The van der Waals surface area contributed by atoms with Crippen LogP contribution in [-0.2, 0) is 0 Å². The summed E-state index contributed by atoms with van der Waals surface area (Å²) in [4.78, 5) is 10.9. The molecule has 5 heteroatoms. The quantitative estimate of drug-likeness (QED) is 0.866. The molecule has 0 unspecified atom stereocenters. The number of hydrogen-bond donors (Lipinski definition) is 1. The summed E-state index contributed by atoms with van der Waals surface area (Å²) >= 11 is 5.96. The third-order valence-corrected chi connectivity index (χ3v) is 2.54. The van der Waals surface area contributed by atoms with Crippen LogP contribution in [0.2, 0.25) is 5.02 Å². The first-order valence-electron chi connectivity index (χ1n) is 4.17. The second kappa shape index (κ2) is 4.40. The Labute approximate surface area is 92.4 Å². The molecule has 0 saturated heterocycles. The molecule has 0 aliphatic carbocycles. The standard InChI is InChI=1S/C10H11ClO4/c1-5-6(10(12)13)4-7(14-2)9(15-3)8(5)11/h4H,1-3H3,(H,12,13). The molecule has 1 aromatic carbocycles. The van der Waals surface area contributed by atoms with Gasteiger partial charge in [0.25, 0.3) is 0 Å². The summed E-state index contributed by atoms with van der Waals surface area (Å²) in [5.74, 6) is -0.387. The van der Waals surface area contributed by atoms with E-state index in [-0.39, 0.29) is 10.6 Å². The highest BCUT2D eigenvalue weighted by Gasteiger charge is 2.18. The van der Waals surface area contributed by atoms with Gasteiger partial charge in [-0.05, 0) is 18.6 Å². The Morgan fingerprint density at radius 1 is 1.40 bits per heavy atom. The minimum absolute atomic E-state index is 0.109. The number of carboxylic acid groups (broad SMARTS) is 1. The predicted molar refractivity (Wildman–Crippen MR) is 56.3 cm³/mol. The van der Waals surface area contributed by atoms with Gasteiger partial charge in [0.15, 0.2) is 11.5 Å². The first-order chi connectivity index (χ1) is 7.02. The number of benzene rings is 1. The van der Waals surface area contributed by atoms with Gasteiger partial charge in [-0.3, -0.25) is 0 Å². The van der Waals surface area contributed by atoms with Crippen molar-refractivity contribution in [3.8, 4) is 11.5 Å². The second-order valence-electron chi connectivity index (χ2n) is 2.90. The Morgan fingerprint density at radius 2 is 2.00 bits per heavy atom. The number of carbonyl (C=O) groups is 1. The zero-order valence-corrected chi connectivity index (χ0v) is 9.38. The van der Waals surface area contributed by atoms with E-state index in [9.17, 15) is 4.79 Å². The first-order valence-corrected chi connectivity index (χ1v) is 4.55. The maximum Gasteiger partial charge on any atom is 0.336 e. The molecular weight excluding hydrogens is 220 g/mol. The van der Waals surface area contributed by atoms with E-state index in [1.165, 1.54) is 20.3 Å². The summed E-state index contributed by atoms with van der Waals surface area (Å²) in [7, 11) is 2.87. The minimum atomic E-state index is -1.05. The van der Waals surface area contributed by atoms with E-state index in [0.717, 1.165) is 0 Å². The van der Waals surface area contributed by atoms with Crippen LogP contribution in [0.25, 0.3) is 0 Å². The van der Waals surface area contributed by atoms with E-state index in [1.54, 1.807) is 6.92 Å². The van der Waals surface area contributed by atoms with Crippen LogP contribution in [0.15, 0.2) is 6.07 Å². The molecule has 0 aliphatic heterocycles. The van der Waals surface area contributed by atoms with Crippen LogP contribution in [0.5, 0.6) is 11.5 Å². The highest BCUT2D eigenvalue weighted by Crippen LogP contribution is 2.39. The molecule has 82 valence electrons. The molecule has 0 heterocycles. The highest BCUT2D eigenvalue weighted by atomic mass is 35.5. The molecule has 1 N–H and O–H groups in total. The van der Waals surface area contributed by atoms with Crippen molar-refractivity contribution in [2.24, 2.45) is 0 Å². The summed E-state index contributed by atoms with van der Waals surface area (Å²) in [5.41, 5.74) is 0.569. The lowest BCUT2D eigenvalue weighted by Crippen LogP contribution is -2.03. The third-order valence-electron chi connectivity index (χ3n) is 2.09. The van der Waals surface area contributed by atoms with E-state index >= 15 is 0 Å². The van der Waals surface area contributed by atoms with E-state index in [2.05, 4.69) is 0 Å². The molecule has 0 atom stereocenters. The van der Waals surface area contributed by atoms with E-state index in [1.807, 2.05) is 0 Å². The van der Waals surface area contributed by atoms with Gasteiger partial charge in [-0.2, -0.15) is 0 Å². The average Bonchev–Trinajstić information content (AvgIpc) is 2.21. The predicted octanol–water partition coefficient (Wildman–Crippen LogP) is 2.36. The van der Waals surface area contributed by atoms with E-state index < -0.39 is 5.97 Å². The van der Waals surface area contributed by atoms with Crippen molar-refractivity contribution in [2.45, 2.75) is 6.92 Å². The largest absolute Gasteiger partial charge is 0.493 e. The molecule has 0 bridgehead atoms. The van der Waals surface area contributed by atoms with Crippen LogP contribution < -0.4 is 9.47 Å². The van der Waals surface area contributed by atoms with Crippen molar-refractivity contribution in [3.05, 3.63) is 22.2 Å². The van der Waals surface area contributed by atoms with Crippen LogP contribution in [-0.4, -0.2) is 25.3 Å². The lowest BCUT2D eigenvalue weighted by molar-refractivity contribution is 0.0695. The number of rotatable bonds is 3. The Hall–Kier alpha value is -1.42. The molecule has 0 spiro atoms. The third kappa shape index (κ3) is 1.99. The number of carboxylic acids is 1. The van der Waals surface area contributed by atoms with Gasteiger partial charge in [-0.25, -0.2) is 4.79 Å². The maximum atomic E-state index is 10.9. The molecule has 0 aliphatic rings. The molecule has 0 radical (unpaired) electrons. The molecule has 0 aromatic heterocycles. The molecule has 4 nitrogen and oxygen atoms in total.